The number of nitro benzene ring substituents is 1. The molecule has 0 aromatic heterocycles. The van der Waals surface area contributed by atoms with Gasteiger partial charge in [0, 0.05) is 19.2 Å². The van der Waals surface area contributed by atoms with E-state index in [2.05, 4.69) is 9.47 Å². The molecule has 2 rings (SSSR count). The molecular weight excluding hydrogens is 492 g/mol. The Morgan fingerprint density at radius 3 is 2.27 bits per heavy atom. The molecule has 0 aliphatic rings. The molecule has 15 heteroatoms. The van der Waals surface area contributed by atoms with Crippen LogP contribution in [-0.2, 0) is 20.4 Å². The van der Waals surface area contributed by atoms with Crippen molar-refractivity contribution in [2.24, 2.45) is 0 Å². The molecule has 1 unspecified atom stereocenters. The van der Waals surface area contributed by atoms with E-state index < -0.39 is 58.2 Å². The minimum absolute atomic E-state index is 0.226. The van der Waals surface area contributed by atoms with Gasteiger partial charge in [0.25, 0.3) is 6.29 Å². The monoisotopic (exact) mass is 503 g/mol. The molecule has 0 N–H and O–H groups in total. The van der Waals surface area contributed by atoms with Gasteiger partial charge in [-0.2, -0.15) is 26.3 Å². The van der Waals surface area contributed by atoms with Gasteiger partial charge in [-0.25, -0.2) is 4.79 Å². The molecule has 2 aromatic carbocycles. The third kappa shape index (κ3) is 7.39. The van der Waals surface area contributed by atoms with Crippen LogP contribution < -0.4 is 9.47 Å². The van der Waals surface area contributed by atoms with Gasteiger partial charge in [-0.3, -0.25) is 10.1 Å². The van der Waals surface area contributed by atoms with E-state index in [1.165, 1.54) is 0 Å². The molecule has 0 radical (unpaired) electrons. The van der Waals surface area contributed by atoms with Crippen molar-refractivity contribution in [1.29, 1.82) is 0 Å². The maximum Gasteiger partial charge on any atom is 0.422 e. The van der Waals surface area contributed by atoms with Gasteiger partial charge in [0.1, 0.15) is 11.5 Å². The molecule has 0 heterocycles. The normalized spacial score (nSPS) is 12.7. The Morgan fingerprint density at radius 2 is 1.76 bits per heavy atom. The van der Waals surface area contributed by atoms with Crippen molar-refractivity contribution in [2.75, 3.05) is 13.7 Å². The summed E-state index contributed by atoms with van der Waals surface area (Å²) in [6.45, 7) is -1.95. The average molecular weight is 504 g/mol. The zero-order chi connectivity index (χ0) is 25.0. The van der Waals surface area contributed by atoms with E-state index in [4.69, 9.17) is 21.1 Å². The fourth-order valence-electron chi connectivity index (χ4n) is 2.22. The highest BCUT2D eigenvalue weighted by atomic mass is 35.5. The number of benzene rings is 2. The van der Waals surface area contributed by atoms with Crippen molar-refractivity contribution in [2.45, 2.75) is 18.6 Å². The van der Waals surface area contributed by atoms with Crippen LogP contribution in [0, 0.1) is 10.1 Å². The first-order chi connectivity index (χ1) is 15.2. The second kappa shape index (κ2) is 10.1. The van der Waals surface area contributed by atoms with Crippen LogP contribution in [0.2, 0.25) is 5.02 Å². The smallest absolute Gasteiger partial charge is 0.422 e. The molecule has 0 saturated heterocycles. The summed E-state index contributed by atoms with van der Waals surface area (Å²) in [7, 11) is 0.869. The van der Waals surface area contributed by atoms with Crippen LogP contribution in [0.3, 0.4) is 0 Å². The molecule has 0 fully saturated rings. The molecule has 0 saturated carbocycles. The molecule has 2 aromatic rings. The maximum atomic E-state index is 12.7. The molecule has 0 amide bonds. The lowest BCUT2D eigenvalue weighted by molar-refractivity contribution is -0.386. The van der Waals surface area contributed by atoms with Crippen molar-refractivity contribution < 1.29 is 55.0 Å². The third-order valence-electron chi connectivity index (χ3n) is 3.63. The largest absolute Gasteiger partial charge is 0.456 e. The van der Waals surface area contributed by atoms with Crippen LogP contribution in [0.15, 0.2) is 36.4 Å². The van der Waals surface area contributed by atoms with Gasteiger partial charge >= 0.3 is 24.0 Å². The van der Waals surface area contributed by atoms with Gasteiger partial charge < -0.3 is 18.9 Å². The minimum atomic E-state index is -4.84. The highest BCUT2D eigenvalue weighted by molar-refractivity contribution is 6.32. The number of hydrogen-bond acceptors (Lipinski definition) is 7. The standard InChI is InChI=1S/C18H12ClF6NO7/c1-30-16(15(27)31-8-17(20,21)22)33-14-7-10(3-4-12(14)26(28)29)32-13-5-2-9(6-11(13)19)18(23,24)25/h2-7,16H,8H2,1H3. The number of esters is 1. The maximum absolute atomic E-state index is 12.7. The van der Waals surface area contributed by atoms with Crippen molar-refractivity contribution in [3.8, 4) is 17.2 Å². The van der Waals surface area contributed by atoms with Crippen molar-refractivity contribution in [3.63, 3.8) is 0 Å². The van der Waals surface area contributed by atoms with Crippen LogP contribution in [0.25, 0.3) is 0 Å². The number of alkyl halides is 6. The first-order valence-corrected chi connectivity index (χ1v) is 8.85. The number of carbonyl (C=O) groups excluding carboxylic acids is 1. The molecule has 0 bridgehead atoms. The Hall–Kier alpha value is -3.26. The number of halogens is 7. The molecule has 33 heavy (non-hydrogen) atoms. The highest BCUT2D eigenvalue weighted by Crippen LogP contribution is 2.38. The van der Waals surface area contributed by atoms with Crippen molar-refractivity contribution >= 4 is 23.3 Å². The zero-order valence-corrected chi connectivity index (χ0v) is 17.0. The second-order valence-electron chi connectivity index (χ2n) is 6.04. The summed E-state index contributed by atoms with van der Waals surface area (Å²) in [6, 6.07) is 4.94. The Morgan fingerprint density at radius 1 is 1.09 bits per heavy atom. The quantitative estimate of drug-likeness (QED) is 0.154. The van der Waals surface area contributed by atoms with Gasteiger partial charge in [-0.05, 0) is 24.3 Å². The van der Waals surface area contributed by atoms with Crippen LogP contribution in [0.4, 0.5) is 32.0 Å². The fourth-order valence-corrected chi connectivity index (χ4v) is 2.44. The molecule has 8 nitrogen and oxygen atoms in total. The number of ether oxygens (including phenoxy) is 4. The number of methoxy groups -OCH3 is 1. The Kier molecular flexibility index (Phi) is 7.97. The van der Waals surface area contributed by atoms with Gasteiger partial charge in [-0.1, -0.05) is 11.6 Å². The lowest BCUT2D eigenvalue weighted by Crippen LogP contribution is -2.34. The highest BCUT2D eigenvalue weighted by Gasteiger charge is 2.34. The number of carbonyl (C=O) groups is 1. The predicted molar refractivity (Wildman–Crippen MR) is 98.1 cm³/mol. The first kappa shape index (κ1) is 26.0. The number of rotatable bonds is 8. The van der Waals surface area contributed by atoms with E-state index in [0.29, 0.717) is 12.1 Å². The molecule has 0 aliphatic carbocycles. The van der Waals surface area contributed by atoms with E-state index in [-0.39, 0.29) is 11.5 Å². The molecule has 0 spiro atoms. The number of nitrogens with zero attached hydrogens (tertiary/aromatic N) is 1. The van der Waals surface area contributed by atoms with Gasteiger partial charge in [0.05, 0.1) is 15.5 Å². The summed E-state index contributed by atoms with van der Waals surface area (Å²) in [5.74, 6) is -2.77. The van der Waals surface area contributed by atoms with E-state index >= 15 is 0 Å². The Bertz CT molecular complexity index is 1030. The minimum Gasteiger partial charge on any atom is -0.456 e. The van der Waals surface area contributed by atoms with Crippen LogP contribution in [-0.4, -0.2) is 37.1 Å². The summed E-state index contributed by atoms with van der Waals surface area (Å²) in [5.41, 5.74) is -1.78. The van der Waals surface area contributed by atoms with Crippen LogP contribution >= 0.6 is 11.6 Å². The lowest BCUT2D eigenvalue weighted by atomic mass is 10.2. The summed E-state index contributed by atoms with van der Waals surface area (Å²) < 4.78 is 93.8. The topological polar surface area (TPSA) is 97.1 Å². The van der Waals surface area contributed by atoms with Gasteiger partial charge in [0.2, 0.25) is 5.75 Å². The van der Waals surface area contributed by atoms with Gasteiger partial charge in [-0.15, -0.1) is 0 Å². The molecule has 1 atom stereocenters. The fraction of sp³-hybridized carbons (Fsp3) is 0.278. The Labute approximate surface area is 185 Å². The van der Waals surface area contributed by atoms with Crippen LogP contribution in [0.5, 0.6) is 17.2 Å². The first-order valence-electron chi connectivity index (χ1n) is 8.47. The van der Waals surface area contributed by atoms with Gasteiger partial charge in [0.15, 0.2) is 6.61 Å². The number of nitro groups is 1. The predicted octanol–water partition coefficient (Wildman–Crippen LogP) is 5.52. The molecular formula is C18H12ClF6NO7. The SMILES string of the molecule is COC(Oc1cc(Oc2ccc(C(F)(F)F)cc2Cl)ccc1[N+](=O)[O-])C(=O)OCC(F)(F)F. The third-order valence-corrected chi connectivity index (χ3v) is 3.93. The van der Waals surface area contributed by atoms with Crippen LogP contribution in [0.1, 0.15) is 5.56 Å². The summed E-state index contributed by atoms with van der Waals surface area (Å²) in [6.07, 6.45) is -11.6. The Balaban J connectivity index is 2.29. The average Bonchev–Trinajstić information content (AvgIpc) is 2.70. The lowest BCUT2D eigenvalue weighted by Gasteiger charge is -2.17. The molecule has 0 aliphatic heterocycles. The summed E-state index contributed by atoms with van der Waals surface area (Å²) in [4.78, 5) is 22.0. The zero-order valence-electron chi connectivity index (χ0n) is 16.2. The van der Waals surface area contributed by atoms with E-state index in [1.54, 1.807) is 0 Å². The summed E-state index contributed by atoms with van der Waals surface area (Å²) in [5, 5.41) is 10.8. The van der Waals surface area contributed by atoms with Crippen molar-refractivity contribution in [1.82, 2.24) is 0 Å². The molecule has 180 valence electrons. The van der Waals surface area contributed by atoms with E-state index in [1.807, 2.05) is 0 Å². The van der Waals surface area contributed by atoms with Crippen molar-refractivity contribution in [3.05, 3.63) is 57.1 Å². The number of hydrogen-bond donors (Lipinski definition) is 0. The second-order valence-corrected chi connectivity index (χ2v) is 6.45. The van der Waals surface area contributed by atoms with E-state index in [0.717, 1.165) is 31.4 Å². The summed E-state index contributed by atoms with van der Waals surface area (Å²) >= 11 is 5.79. The van der Waals surface area contributed by atoms with E-state index in [9.17, 15) is 41.3 Å².